The molecule has 2 heterocycles. The molecule has 0 atom stereocenters. The Balaban J connectivity index is 1.57. The minimum absolute atomic E-state index is 0.275. The fourth-order valence-electron chi connectivity index (χ4n) is 3.75. The van der Waals surface area contributed by atoms with Gasteiger partial charge in [0.15, 0.2) is 11.5 Å². The summed E-state index contributed by atoms with van der Waals surface area (Å²) in [7, 11) is 0. The molecule has 1 saturated heterocycles. The fraction of sp³-hybridized carbons (Fsp3) is 0.409. The summed E-state index contributed by atoms with van der Waals surface area (Å²) in [6.45, 7) is 8.05. The van der Waals surface area contributed by atoms with Crippen molar-refractivity contribution in [2.75, 3.05) is 56.2 Å². The van der Waals surface area contributed by atoms with Crippen molar-refractivity contribution < 1.29 is 14.3 Å². The Hall–Kier alpha value is -2.15. The predicted octanol–water partition coefficient (Wildman–Crippen LogP) is 4.55. The lowest BCUT2D eigenvalue weighted by Gasteiger charge is -2.36. The lowest BCUT2D eigenvalue weighted by atomic mass is 10.1. The van der Waals surface area contributed by atoms with Crippen LogP contribution in [-0.4, -0.2) is 56.7 Å². The lowest BCUT2D eigenvalue weighted by molar-refractivity contribution is 0.102. The van der Waals surface area contributed by atoms with Gasteiger partial charge in [0.2, 0.25) is 0 Å². The van der Waals surface area contributed by atoms with Crippen LogP contribution < -0.4 is 19.7 Å². The van der Waals surface area contributed by atoms with E-state index in [1.54, 1.807) is 18.2 Å². The van der Waals surface area contributed by atoms with Crippen molar-refractivity contribution in [3.05, 3.63) is 45.9 Å². The number of amides is 1. The smallest absolute Gasteiger partial charge is 0.255 e. The molecule has 0 radical (unpaired) electrons. The SMILES string of the molecule is CCN1CCN(c2ccc(Cl)cc2NC(=O)c2cc(Cl)c3c(c2)OCCCO3)CC1. The van der Waals surface area contributed by atoms with E-state index < -0.39 is 0 Å². The molecule has 1 N–H and O–H groups in total. The number of anilines is 2. The van der Waals surface area contributed by atoms with E-state index in [-0.39, 0.29) is 5.91 Å². The van der Waals surface area contributed by atoms with Gasteiger partial charge in [-0.25, -0.2) is 0 Å². The third-order valence-electron chi connectivity index (χ3n) is 5.43. The average molecular weight is 450 g/mol. The van der Waals surface area contributed by atoms with Gasteiger partial charge in [-0.15, -0.1) is 0 Å². The van der Waals surface area contributed by atoms with E-state index in [9.17, 15) is 4.79 Å². The van der Waals surface area contributed by atoms with Crippen LogP contribution in [0.5, 0.6) is 11.5 Å². The van der Waals surface area contributed by atoms with Gasteiger partial charge in [-0.05, 0) is 36.9 Å². The number of halogens is 2. The molecule has 160 valence electrons. The third-order valence-corrected chi connectivity index (χ3v) is 5.95. The monoisotopic (exact) mass is 449 g/mol. The fourth-order valence-corrected chi connectivity index (χ4v) is 4.18. The first-order valence-corrected chi connectivity index (χ1v) is 11.0. The molecule has 0 aliphatic carbocycles. The Morgan fingerprint density at radius 3 is 2.60 bits per heavy atom. The van der Waals surface area contributed by atoms with Gasteiger partial charge >= 0.3 is 0 Å². The Morgan fingerprint density at radius 1 is 1.07 bits per heavy atom. The summed E-state index contributed by atoms with van der Waals surface area (Å²) in [5.41, 5.74) is 2.05. The van der Waals surface area contributed by atoms with Crippen LogP contribution in [0.2, 0.25) is 10.0 Å². The summed E-state index contributed by atoms with van der Waals surface area (Å²) < 4.78 is 11.4. The Morgan fingerprint density at radius 2 is 1.83 bits per heavy atom. The highest BCUT2D eigenvalue weighted by atomic mass is 35.5. The second kappa shape index (κ2) is 9.33. The maximum atomic E-state index is 13.0. The quantitative estimate of drug-likeness (QED) is 0.741. The standard InChI is InChI=1S/C22H25Cl2N3O3/c1-2-26-6-8-27(9-7-26)19-5-4-16(23)14-18(19)25-22(28)15-12-17(24)21-20(13-15)29-10-3-11-30-21/h4-5,12-14H,2-3,6-11H2,1H3,(H,25,28). The first-order chi connectivity index (χ1) is 14.5. The minimum Gasteiger partial charge on any atom is -0.489 e. The van der Waals surface area contributed by atoms with E-state index in [1.165, 1.54) is 0 Å². The zero-order valence-corrected chi connectivity index (χ0v) is 18.4. The summed E-state index contributed by atoms with van der Waals surface area (Å²) in [4.78, 5) is 17.7. The van der Waals surface area contributed by atoms with Crippen LogP contribution in [0.4, 0.5) is 11.4 Å². The highest BCUT2D eigenvalue weighted by Gasteiger charge is 2.22. The number of likely N-dealkylation sites (N-methyl/N-ethyl adjacent to an activating group) is 1. The first kappa shape index (κ1) is 21.1. The number of hydrogen-bond donors (Lipinski definition) is 1. The molecule has 0 spiro atoms. The topological polar surface area (TPSA) is 54.0 Å². The van der Waals surface area contributed by atoms with Crippen molar-refractivity contribution in [3.8, 4) is 11.5 Å². The Kier molecular flexibility index (Phi) is 6.56. The molecular formula is C22H25Cl2N3O3. The number of carbonyl (C=O) groups excluding carboxylic acids is 1. The Bertz CT molecular complexity index is 930. The molecule has 2 aliphatic heterocycles. The zero-order chi connectivity index (χ0) is 21.1. The molecule has 0 saturated carbocycles. The maximum absolute atomic E-state index is 13.0. The molecule has 0 aromatic heterocycles. The summed E-state index contributed by atoms with van der Waals surface area (Å²) in [5, 5.41) is 3.94. The van der Waals surface area contributed by atoms with Crippen LogP contribution in [0.3, 0.4) is 0 Å². The number of nitrogens with zero attached hydrogens (tertiary/aromatic N) is 2. The van der Waals surface area contributed by atoms with Crippen molar-refractivity contribution in [1.29, 1.82) is 0 Å². The Labute approximate surface area is 186 Å². The van der Waals surface area contributed by atoms with E-state index in [2.05, 4.69) is 22.0 Å². The van der Waals surface area contributed by atoms with Gasteiger partial charge in [-0.2, -0.15) is 0 Å². The number of fused-ring (bicyclic) bond motifs is 1. The maximum Gasteiger partial charge on any atom is 0.255 e. The van der Waals surface area contributed by atoms with Crippen molar-refractivity contribution >= 4 is 40.5 Å². The van der Waals surface area contributed by atoms with E-state index in [4.69, 9.17) is 32.7 Å². The molecule has 2 aliphatic rings. The molecule has 0 unspecified atom stereocenters. The van der Waals surface area contributed by atoms with E-state index in [0.29, 0.717) is 46.0 Å². The highest BCUT2D eigenvalue weighted by Crippen LogP contribution is 2.38. The molecule has 6 nitrogen and oxygen atoms in total. The molecule has 4 rings (SSSR count). The van der Waals surface area contributed by atoms with Gasteiger partial charge in [-0.3, -0.25) is 4.79 Å². The van der Waals surface area contributed by atoms with Crippen LogP contribution >= 0.6 is 23.2 Å². The number of piperazine rings is 1. The molecule has 0 bridgehead atoms. The van der Waals surface area contributed by atoms with Crippen LogP contribution in [0.1, 0.15) is 23.7 Å². The second-order valence-corrected chi connectivity index (χ2v) is 8.22. The van der Waals surface area contributed by atoms with Gasteiger partial charge in [0.05, 0.1) is 29.6 Å². The third kappa shape index (κ3) is 4.61. The van der Waals surface area contributed by atoms with Crippen molar-refractivity contribution in [3.63, 3.8) is 0 Å². The summed E-state index contributed by atoms with van der Waals surface area (Å²) in [6.07, 6.45) is 0.768. The van der Waals surface area contributed by atoms with Gasteiger partial charge in [0.1, 0.15) is 0 Å². The largest absolute Gasteiger partial charge is 0.489 e. The lowest BCUT2D eigenvalue weighted by Crippen LogP contribution is -2.46. The number of hydrogen-bond acceptors (Lipinski definition) is 5. The summed E-state index contributed by atoms with van der Waals surface area (Å²) in [5.74, 6) is 0.707. The number of nitrogens with one attached hydrogen (secondary N) is 1. The van der Waals surface area contributed by atoms with Crippen molar-refractivity contribution in [2.24, 2.45) is 0 Å². The first-order valence-electron chi connectivity index (χ1n) is 10.2. The molecular weight excluding hydrogens is 425 g/mol. The van der Waals surface area contributed by atoms with E-state index in [0.717, 1.165) is 44.8 Å². The van der Waals surface area contributed by atoms with Crippen LogP contribution in [-0.2, 0) is 0 Å². The summed E-state index contributed by atoms with van der Waals surface area (Å²) >= 11 is 12.6. The van der Waals surface area contributed by atoms with Crippen LogP contribution in [0.15, 0.2) is 30.3 Å². The highest BCUT2D eigenvalue weighted by molar-refractivity contribution is 6.33. The number of rotatable bonds is 4. The van der Waals surface area contributed by atoms with Crippen molar-refractivity contribution in [2.45, 2.75) is 13.3 Å². The number of benzene rings is 2. The zero-order valence-electron chi connectivity index (χ0n) is 16.9. The van der Waals surface area contributed by atoms with Gasteiger partial charge in [0.25, 0.3) is 5.91 Å². The van der Waals surface area contributed by atoms with Crippen LogP contribution in [0.25, 0.3) is 0 Å². The molecule has 2 aromatic carbocycles. The molecule has 2 aromatic rings. The van der Waals surface area contributed by atoms with Crippen molar-refractivity contribution in [1.82, 2.24) is 4.90 Å². The van der Waals surface area contributed by atoms with Gasteiger partial charge < -0.3 is 24.6 Å². The van der Waals surface area contributed by atoms with E-state index >= 15 is 0 Å². The predicted molar refractivity (Wildman–Crippen MR) is 121 cm³/mol. The number of ether oxygens (including phenoxy) is 2. The van der Waals surface area contributed by atoms with E-state index in [1.807, 2.05) is 12.1 Å². The molecule has 1 amide bonds. The second-order valence-electron chi connectivity index (χ2n) is 7.37. The number of carbonyl (C=O) groups is 1. The average Bonchev–Trinajstić information content (AvgIpc) is 3.00. The molecule has 1 fully saturated rings. The molecule has 30 heavy (non-hydrogen) atoms. The normalized spacial score (nSPS) is 16.8. The van der Waals surface area contributed by atoms with Gasteiger partial charge in [0, 0.05) is 43.2 Å². The van der Waals surface area contributed by atoms with Gasteiger partial charge in [-0.1, -0.05) is 30.1 Å². The van der Waals surface area contributed by atoms with Crippen LogP contribution in [0, 0.1) is 0 Å². The minimum atomic E-state index is -0.275. The summed E-state index contributed by atoms with van der Waals surface area (Å²) in [6, 6.07) is 8.87. The molecule has 8 heteroatoms.